The van der Waals surface area contributed by atoms with Crippen molar-refractivity contribution in [2.24, 2.45) is 0 Å². The summed E-state index contributed by atoms with van der Waals surface area (Å²) in [5.74, 6) is -0.0244. The molecule has 0 atom stereocenters. The van der Waals surface area contributed by atoms with Crippen molar-refractivity contribution in [2.75, 3.05) is 24.4 Å². The molecule has 5 nitrogen and oxygen atoms in total. The number of aryl methyl sites for hydroxylation is 1. The van der Waals surface area contributed by atoms with Crippen molar-refractivity contribution in [1.29, 1.82) is 0 Å². The Labute approximate surface area is 161 Å². The number of carbonyl (C=O) groups excluding carboxylic acids is 1. The Kier molecular flexibility index (Phi) is 5.85. The minimum absolute atomic E-state index is 0.0244. The average molecular weight is 387 g/mol. The predicted molar refractivity (Wildman–Crippen MR) is 108 cm³/mol. The molecule has 0 aromatic heterocycles. The van der Waals surface area contributed by atoms with E-state index in [0.717, 1.165) is 44.3 Å². The van der Waals surface area contributed by atoms with E-state index in [-0.39, 0.29) is 10.8 Å². The first-order valence-electron chi connectivity index (χ1n) is 9.35. The van der Waals surface area contributed by atoms with Crippen LogP contribution in [-0.2, 0) is 10.0 Å². The van der Waals surface area contributed by atoms with E-state index in [1.807, 2.05) is 17.9 Å². The maximum Gasteiger partial charge on any atom is 0.264 e. The zero-order chi connectivity index (χ0) is 19.4. The lowest BCUT2D eigenvalue weighted by atomic mass is 10.1. The Bertz CT molecular complexity index is 902. The van der Waals surface area contributed by atoms with Gasteiger partial charge in [0.25, 0.3) is 15.9 Å². The molecule has 1 heterocycles. The minimum atomic E-state index is -3.68. The van der Waals surface area contributed by atoms with Gasteiger partial charge >= 0.3 is 0 Å². The molecule has 0 spiro atoms. The maximum atomic E-state index is 12.9. The predicted octanol–water partition coefficient (Wildman–Crippen LogP) is 3.84. The lowest BCUT2D eigenvalue weighted by molar-refractivity contribution is 0.0761. The second-order valence-corrected chi connectivity index (χ2v) is 8.96. The van der Waals surface area contributed by atoms with Gasteiger partial charge in [0.15, 0.2) is 0 Å². The van der Waals surface area contributed by atoms with Crippen molar-refractivity contribution < 1.29 is 13.2 Å². The number of amides is 1. The summed E-state index contributed by atoms with van der Waals surface area (Å²) in [6.45, 7) is 3.38. The van der Waals surface area contributed by atoms with Crippen LogP contribution in [0.4, 0.5) is 5.69 Å². The van der Waals surface area contributed by atoms with Gasteiger partial charge in [-0.2, -0.15) is 0 Å². The third kappa shape index (κ3) is 4.16. The van der Waals surface area contributed by atoms with Crippen LogP contribution < -0.4 is 4.31 Å². The third-order valence-electron chi connectivity index (χ3n) is 5.09. The summed E-state index contributed by atoms with van der Waals surface area (Å²) in [7, 11) is -2.15. The van der Waals surface area contributed by atoms with E-state index in [1.165, 1.54) is 11.4 Å². The highest BCUT2D eigenvalue weighted by molar-refractivity contribution is 7.92. The molecule has 1 amide bonds. The van der Waals surface area contributed by atoms with Crippen LogP contribution in [0, 0.1) is 6.92 Å². The molecule has 2 aromatic rings. The number of sulfonamides is 1. The summed E-state index contributed by atoms with van der Waals surface area (Å²) in [5.41, 5.74) is 1.87. The van der Waals surface area contributed by atoms with Crippen molar-refractivity contribution >= 4 is 21.6 Å². The Morgan fingerprint density at radius 2 is 1.59 bits per heavy atom. The van der Waals surface area contributed by atoms with Crippen molar-refractivity contribution in [3.63, 3.8) is 0 Å². The SMILES string of the molecule is Cc1ccc(C(=O)N2CCCCCC2)cc1N(C)S(=O)(=O)c1ccccc1. The molecule has 6 heteroatoms. The minimum Gasteiger partial charge on any atom is -0.339 e. The topological polar surface area (TPSA) is 57.7 Å². The fourth-order valence-corrected chi connectivity index (χ4v) is 4.69. The second kappa shape index (κ2) is 8.13. The van der Waals surface area contributed by atoms with Gasteiger partial charge in [-0.15, -0.1) is 0 Å². The highest BCUT2D eigenvalue weighted by Gasteiger charge is 2.24. The first kappa shape index (κ1) is 19.4. The Balaban J connectivity index is 1.92. The zero-order valence-corrected chi connectivity index (χ0v) is 16.7. The van der Waals surface area contributed by atoms with Crippen LogP contribution in [0.5, 0.6) is 0 Å². The Hall–Kier alpha value is -2.34. The van der Waals surface area contributed by atoms with Crippen LogP contribution in [0.2, 0.25) is 0 Å². The molecule has 144 valence electrons. The number of benzene rings is 2. The van der Waals surface area contributed by atoms with E-state index in [2.05, 4.69) is 0 Å². The fraction of sp³-hybridized carbons (Fsp3) is 0.381. The van der Waals surface area contributed by atoms with E-state index in [1.54, 1.807) is 42.5 Å². The van der Waals surface area contributed by atoms with Gasteiger partial charge in [0.05, 0.1) is 10.6 Å². The molecule has 0 unspecified atom stereocenters. The van der Waals surface area contributed by atoms with E-state index in [4.69, 9.17) is 0 Å². The molecule has 0 saturated carbocycles. The van der Waals surface area contributed by atoms with Crippen molar-refractivity contribution in [3.8, 4) is 0 Å². The number of carbonyl (C=O) groups is 1. The summed E-state index contributed by atoms with van der Waals surface area (Å²) in [5, 5.41) is 0. The number of nitrogens with zero attached hydrogens (tertiary/aromatic N) is 2. The Morgan fingerprint density at radius 1 is 0.963 bits per heavy atom. The smallest absolute Gasteiger partial charge is 0.264 e. The molecule has 0 radical (unpaired) electrons. The standard InChI is InChI=1S/C21H26N2O3S/c1-17-12-13-18(21(24)23-14-8-3-4-9-15-23)16-20(17)22(2)27(25,26)19-10-6-5-7-11-19/h5-7,10-13,16H,3-4,8-9,14-15H2,1-2H3. The van der Waals surface area contributed by atoms with Crippen LogP contribution in [0.15, 0.2) is 53.4 Å². The van der Waals surface area contributed by atoms with Gasteiger partial charge in [-0.3, -0.25) is 9.10 Å². The van der Waals surface area contributed by atoms with Gasteiger partial charge in [0.1, 0.15) is 0 Å². The summed E-state index contributed by atoms with van der Waals surface area (Å²) >= 11 is 0. The molecular formula is C21H26N2O3S. The summed E-state index contributed by atoms with van der Waals surface area (Å²) in [6, 6.07) is 13.6. The van der Waals surface area contributed by atoms with Crippen LogP contribution in [0.1, 0.15) is 41.6 Å². The molecule has 1 aliphatic rings. The first-order chi connectivity index (χ1) is 12.9. The molecular weight excluding hydrogens is 360 g/mol. The maximum absolute atomic E-state index is 12.9. The zero-order valence-electron chi connectivity index (χ0n) is 15.9. The van der Waals surface area contributed by atoms with Crippen LogP contribution in [0.3, 0.4) is 0 Å². The highest BCUT2D eigenvalue weighted by atomic mass is 32.2. The molecule has 2 aromatic carbocycles. The van der Waals surface area contributed by atoms with Gasteiger partial charge in [0, 0.05) is 25.7 Å². The van der Waals surface area contributed by atoms with Crippen LogP contribution in [0.25, 0.3) is 0 Å². The van der Waals surface area contributed by atoms with Crippen LogP contribution in [-0.4, -0.2) is 39.4 Å². The fourth-order valence-electron chi connectivity index (χ4n) is 3.42. The quantitative estimate of drug-likeness (QED) is 0.802. The lowest BCUT2D eigenvalue weighted by Gasteiger charge is -2.24. The van der Waals surface area contributed by atoms with Crippen LogP contribution >= 0.6 is 0 Å². The summed E-state index contributed by atoms with van der Waals surface area (Å²) in [6.07, 6.45) is 4.35. The third-order valence-corrected chi connectivity index (χ3v) is 6.88. The number of anilines is 1. The monoisotopic (exact) mass is 386 g/mol. The van der Waals surface area contributed by atoms with Crippen molar-refractivity contribution in [3.05, 3.63) is 59.7 Å². The van der Waals surface area contributed by atoms with E-state index in [9.17, 15) is 13.2 Å². The number of hydrogen-bond donors (Lipinski definition) is 0. The Morgan fingerprint density at radius 3 is 2.22 bits per heavy atom. The molecule has 27 heavy (non-hydrogen) atoms. The van der Waals surface area contributed by atoms with Gasteiger partial charge in [-0.05, 0) is 49.6 Å². The number of hydrogen-bond acceptors (Lipinski definition) is 3. The normalized spacial score (nSPS) is 15.3. The van der Waals surface area contributed by atoms with Gasteiger partial charge < -0.3 is 4.90 Å². The van der Waals surface area contributed by atoms with Crippen molar-refractivity contribution in [2.45, 2.75) is 37.5 Å². The number of likely N-dealkylation sites (tertiary alicyclic amines) is 1. The highest BCUT2D eigenvalue weighted by Crippen LogP contribution is 2.27. The number of rotatable bonds is 4. The van der Waals surface area contributed by atoms with E-state index in [0.29, 0.717) is 11.3 Å². The molecule has 3 rings (SSSR count). The van der Waals surface area contributed by atoms with Gasteiger partial charge in [0.2, 0.25) is 0 Å². The summed E-state index contributed by atoms with van der Waals surface area (Å²) < 4.78 is 27.1. The van der Waals surface area contributed by atoms with Crippen molar-refractivity contribution in [1.82, 2.24) is 4.90 Å². The average Bonchev–Trinajstić information content (AvgIpc) is 2.97. The lowest BCUT2D eigenvalue weighted by Crippen LogP contribution is -2.32. The molecule has 1 aliphatic heterocycles. The molecule has 0 N–H and O–H groups in total. The molecule has 1 fully saturated rings. The van der Waals surface area contributed by atoms with E-state index >= 15 is 0 Å². The second-order valence-electron chi connectivity index (χ2n) is 6.99. The molecule has 0 aliphatic carbocycles. The van der Waals surface area contributed by atoms with E-state index < -0.39 is 10.0 Å². The van der Waals surface area contributed by atoms with Gasteiger partial charge in [-0.25, -0.2) is 8.42 Å². The molecule has 0 bridgehead atoms. The first-order valence-corrected chi connectivity index (χ1v) is 10.8. The summed E-state index contributed by atoms with van der Waals surface area (Å²) in [4.78, 5) is 15.0. The molecule has 1 saturated heterocycles. The largest absolute Gasteiger partial charge is 0.339 e. The van der Waals surface area contributed by atoms with Gasteiger partial charge in [-0.1, -0.05) is 37.1 Å².